The van der Waals surface area contributed by atoms with Crippen LogP contribution in [-0.4, -0.2) is 30.9 Å². The molecule has 0 saturated heterocycles. The minimum absolute atomic E-state index is 0.0690. The van der Waals surface area contributed by atoms with Crippen LogP contribution in [0, 0.1) is 23.2 Å². The van der Waals surface area contributed by atoms with E-state index in [1.165, 1.54) is 37.5 Å². The minimum Gasteiger partial charge on any atom is -0.387 e. The molecule has 0 spiro atoms. The topological polar surface area (TPSA) is 83.5 Å². The number of hydrogen-bond donors (Lipinski definition) is 2. The molecule has 5 nitrogen and oxygen atoms in total. The van der Waals surface area contributed by atoms with Gasteiger partial charge in [-0.1, -0.05) is 0 Å². The average molecular weight is 398 g/mol. The molecule has 4 aliphatic rings. The van der Waals surface area contributed by atoms with Gasteiger partial charge in [0.25, 0.3) is 0 Å². The Hall–Kier alpha value is -0.920. The second-order valence-corrected chi connectivity index (χ2v) is 12.2. The summed E-state index contributed by atoms with van der Waals surface area (Å²) in [5.74, 6) is 2.13. The van der Waals surface area contributed by atoms with E-state index in [2.05, 4.69) is 5.32 Å². The fraction of sp³-hybridized carbons (Fsp3) is 0.737. The first-order valence-electron chi connectivity index (χ1n) is 9.44. The summed E-state index contributed by atoms with van der Waals surface area (Å²) in [7, 11) is -3.37. The third-order valence-corrected chi connectivity index (χ3v) is 9.34. The zero-order chi connectivity index (χ0) is 18.7. The molecular weight excluding hydrogens is 370 g/mol. The molecule has 0 radical (unpaired) electrons. The van der Waals surface area contributed by atoms with Crippen molar-refractivity contribution in [1.29, 1.82) is 0 Å². The molecule has 26 heavy (non-hydrogen) atoms. The predicted molar refractivity (Wildman–Crippen MR) is 103 cm³/mol. The van der Waals surface area contributed by atoms with Crippen molar-refractivity contribution in [3.63, 3.8) is 0 Å². The molecule has 144 valence electrons. The standard InChI is InChI=1S/C19H27NO4S2/c1-11(26(2,23)24)16(21)15-3-4-25-17(15)20-18(22)19-8-12-5-13(9-19)7-14(6-12)10-19/h3-4,11-14,16,21H,5-10H2,1-2H3,(H,20,22). The van der Waals surface area contributed by atoms with Crippen LogP contribution in [0.3, 0.4) is 0 Å². The molecule has 1 amide bonds. The average Bonchev–Trinajstić information content (AvgIpc) is 2.99. The summed E-state index contributed by atoms with van der Waals surface area (Å²) in [6.07, 6.45) is 6.77. The van der Waals surface area contributed by atoms with Gasteiger partial charge >= 0.3 is 0 Å². The monoisotopic (exact) mass is 397 g/mol. The van der Waals surface area contributed by atoms with Crippen molar-refractivity contribution in [2.24, 2.45) is 23.2 Å². The Bertz CT molecular complexity index is 778. The van der Waals surface area contributed by atoms with Crippen LogP contribution in [0.15, 0.2) is 11.4 Å². The van der Waals surface area contributed by atoms with Gasteiger partial charge in [0.05, 0.1) is 16.8 Å². The van der Waals surface area contributed by atoms with Crippen LogP contribution in [-0.2, 0) is 14.6 Å². The van der Waals surface area contributed by atoms with Gasteiger partial charge in [-0.2, -0.15) is 0 Å². The van der Waals surface area contributed by atoms with Crippen molar-refractivity contribution in [2.75, 3.05) is 11.6 Å². The van der Waals surface area contributed by atoms with Gasteiger partial charge in [0, 0.05) is 11.8 Å². The van der Waals surface area contributed by atoms with Crippen molar-refractivity contribution in [3.8, 4) is 0 Å². The molecule has 4 aliphatic carbocycles. The van der Waals surface area contributed by atoms with Gasteiger partial charge in [-0.25, -0.2) is 8.42 Å². The Morgan fingerprint density at radius 1 is 1.23 bits per heavy atom. The maximum Gasteiger partial charge on any atom is 0.231 e. The molecule has 2 N–H and O–H groups in total. The number of sulfone groups is 1. The van der Waals surface area contributed by atoms with Crippen LogP contribution in [0.5, 0.6) is 0 Å². The number of aliphatic hydroxyl groups excluding tert-OH is 1. The third-order valence-electron chi connectivity index (χ3n) is 6.88. The smallest absolute Gasteiger partial charge is 0.231 e. The van der Waals surface area contributed by atoms with E-state index >= 15 is 0 Å². The van der Waals surface area contributed by atoms with Crippen molar-refractivity contribution in [3.05, 3.63) is 17.0 Å². The van der Waals surface area contributed by atoms with Gasteiger partial charge in [0.2, 0.25) is 5.91 Å². The number of carbonyl (C=O) groups excluding carboxylic acids is 1. The Labute approximate surface area is 159 Å². The van der Waals surface area contributed by atoms with Crippen LogP contribution in [0.4, 0.5) is 5.00 Å². The van der Waals surface area contributed by atoms with Crippen molar-refractivity contribution >= 4 is 32.1 Å². The van der Waals surface area contributed by atoms with E-state index in [0.717, 1.165) is 25.5 Å². The zero-order valence-corrected chi connectivity index (χ0v) is 16.9. The molecule has 0 aromatic carbocycles. The normalized spacial score (nSPS) is 35.3. The van der Waals surface area contributed by atoms with Gasteiger partial charge in [-0.15, -0.1) is 11.3 Å². The molecule has 0 aliphatic heterocycles. The fourth-order valence-electron chi connectivity index (χ4n) is 5.77. The Kier molecular flexibility index (Phi) is 4.48. The summed E-state index contributed by atoms with van der Waals surface area (Å²) in [4.78, 5) is 13.2. The Morgan fingerprint density at radius 2 is 1.77 bits per heavy atom. The number of rotatable bonds is 5. The van der Waals surface area contributed by atoms with Gasteiger partial charge in [0.15, 0.2) is 9.84 Å². The molecule has 7 heteroatoms. The number of thiophene rings is 1. The molecule has 1 aromatic heterocycles. The molecular formula is C19H27NO4S2. The van der Waals surface area contributed by atoms with Crippen molar-refractivity contribution in [2.45, 2.75) is 56.8 Å². The third kappa shape index (κ3) is 3.12. The highest BCUT2D eigenvalue weighted by Gasteiger charge is 2.54. The highest BCUT2D eigenvalue weighted by molar-refractivity contribution is 7.91. The van der Waals surface area contributed by atoms with Crippen LogP contribution in [0.1, 0.15) is 57.1 Å². The summed E-state index contributed by atoms with van der Waals surface area (Å²) >= 11 is 1.35. The second kappa shape index (κ2) is 6.31. The van der Waals surface area contributed by atoms with Gasteiger partial charge in [0.1, 0.15) is 5.00 Å². The zero-order valence-electron chi connectivity index (χ0n) is 15.3. The number of amides is 1. The summed E-state index contributed by atoms with van der Waals surface area (Å²) in [5.41, 5.74) is 0.245. The number of anilines is 1. The highest BCUT2D eigenvalue weighted by Crippen LogP contribution is 2.60. The number of nitrogens with one attached hydrogen (secondary N) is 1. The number of aliphatic hydroxyl groups is 1. The molecule has 4 fully saturated rings. The van der Waals surface area contributed by atoms with Gasteiger partial charge in [-0.05, 0) is 74.6 Å². The second-order valence-electron chi connectivity index (χ2n) is 8.84. The molecule has 4 bridgehead atoms. The van der Waals surface area contributed by atoms with E-state index in [0.29, 0.717) is 28.3 Å². The molecule has 2 unspecified atom stereocenters. The fourth-order valence-corrected chi connectivity index (χ4v) is 7.21. The SMILES string of the molecule is CC(C(O)c1ccsc1NC(=O)C12CC3CC(CC(C3)C1)C2)S(C)(=O)=O. The quantitative estimate of drug-likeness (QED) is 0.798. The molecule has 2 atom stereocenters. The minimum atomic E-state index is -3.37. The highest BCUT2D eigenvalue weighted by atomic mass is 32.2. The summed E-state index contributed by atoms with van der Waals surface area (Å²) in [5, 5.41) is 15.1. The van der Waals surface area contributed by atoms with Crippen LogP contribution in [0.25, 0.3) is 0 Å². The Balaban J connectivity index is 1.54. The number of hydrogen-bond acceptors (Lipinski definition) is 5. The van der Waals surface area contributed by atoms with E-state index < -0.39 is 21.2 Å². The van der Waals surface area contributed by atoms with E-state index in [-0.39, 0.29) is 11.3 Å². The molecule has 5 rings (SSSR count). The van der Waals surface area contributed by atoms with Gasteiger partial charge in [-0.3, -0.25) is 4.79 Å². The lowest BCUT2D eigenvalue weighted by Crippen LogP contribution is -2.51. The van der Waals surface area contributed by atoms with E-state index in [1.54, 1.807) is 11.4 Å². The van der Waals surface area contributed by atoms with Crippen LogP contribution in [0.2, 0.25) is 0 Å². The first kappa shape index (κ1) is 18.4. The number of carbonyl (C=O) groups is 1. The lowest BCUT2D eigenvalue weighted by Gasteiger charge is -2.55. The van der Waals surface area contributed by atoms with Crippen molar-refractivity contribution < 1.29 is 18.3 Å². The molecule has 1 heterocycles. The molecule has 1 aromatic rings. The first-order valence-corrected chi connectivity index (χ1v) is 12.3. The maximum atomic E-state index is 13.2. The predicted octanol–water partition coefficient (Wildman–Crippen LogP) is 3.37. The summed E-state index contributed by atoms with van der Waals surface area (Å²) in [6, 6.07) is 1.71. The maximum absolute atomic E-state index is 13.2. The van der Waals surface area contributed by atoms with Crippen molar-refractivity contribution in [1.82, 2.24) is 0 Å². The molecule has 4 saturated carbocycles. The van der Waals surface area contributed by atoms with Gasteiger partial charge < -0.3 is 10.4 Å². The lowest BCUT2D eigenvalue weighted by atomic mass is 9.49. The summed E-state index contributed by atoms with van der Waals surface area (Å²) in [6.45, 7) is 1.50. The lowest BCUT2D eigenvalue weighted by molar-refractivity contribution is -0.140. The van der Waals surface area contributed by atoms with E-state index in [1.807, 2.05) is 0 Å². The largest absolute Gasteiger partial charge is 0.387 e. The first-order chi connectivity index (χ1) is 12.2. The van der Waals surface area contributed by atoms with E-state index in [4.69, 9.17) is 0 Å². The van der Waals surface area contributed by atoms with Crippen LogP contribution < -0.4 is 5.32 Å². The summed E-state index contributed by atoms with van der Waals surface area (Å²) < 4.78 is 23.6. The van der Waals surface area contributed by atoms with E-state index in [9.17, 15) is 18.3 Å². The van der Waals surface area contributed by atoms with Crippen LogP contribution >= 0.6 is 11.3 Å². The Morgan fingerprint density at radius 3 is 2.27 bits per heavy atom.